The van der Waals surface area contributed by atoms with Crippen molar-refractivity contribution < 1.29 is 4.79 Å². The highest BCUT2D eigenvalue weighted by atomic mass is 32.2. The highest BCUT2D eigenvalue weighted by molar-refractivity contribution is 7.99. The summed E-state index contributed by atoms with van der Waals surface area (Å²) in [5.41, 5.74) is 3.47. The van der Waals surface area contributed by atoms with E-state index in [1.807, 2.05) is 25.1 Å². The Labute approximate surface area is 149 Å². The Morgan fingerprint density at radius 3 is 2.62 bits per heavy atom. The monoisotopic (exact) mass is 345 g/mol. The molecule has 0 aliphatic heterocycles. The van der Waals surface area contributed by atoms with Gasteiger partial charge in [0.05, 0.1) is 11.4 Å². The Kier molecular flexibility index (Phi) is 6.91. The molecule has 2 rings (SSSR count). The van der Waals surface area contributed by atoms with Crippen molar-refractivity contribution in [3.63, 3.8) is 0 Å². The number of aromatic nitrogens is 2. The summed E-state index contributed by atoms with van der Waals surface area (Å²) in [7, 11) is 0. The number of imidazole rings is 1. The number of amides is 1. The van der Waals surface area contributed by atoms with Gasteiger partial charge in [-0.15, -0.1) is 0 Å². The topological polar surface area (TPSA) is 46.9 Å². The van der Waals surface area contributed by atoms with E-state index in [9.17, 15) is 4.79 Å². The summed E-state index contributed by atoms with van der Waals surface area (Å²) in [5.74, 6) is 1.02. The molecule has 0 aliphatic carbocycles. The van der Waals surface area contributed by atoms with Gasteiger partial charge in [0.2, 0.25) is 5.91 Å². The summed E-state index contributed by atoms with van der Waals surface area (Å²) in [6, 6.07) is 10.2. The van der Waals surface area contributed by atoms with Crippen LogP contribution in [0.1, 0.15) is 30.8 Å². The minimum Gasteiger partial charge on any atom is -0.355 e. The van der Waals surface area contributed by atoms with Gasteiger partial charge in [0.1, 0.15) is 0 Å². The molecule has 0 saturated carbocycles. The van der Waals surface area contributed by atoms with Gasteiger partial charge in [0, 0.05) is 18.8 Å². The summed E-state index contributed by atoms with van der Waals surface area (Å²) in [6.07, 6.45) is 0.859. The number of nitrogens with one attached hydrogen (secondary N) is 1. The second-order valence-corrected chi connectivity index (χ2v) is 7.39. The molecule has 4 nitrogen and oxygen atoms in total. The molecule has 130 valence electrons. The molecule has 2 aromatic rings. The highest BCUT2D eigenvalue weighted by Crippen LogP contribution is 2.22. The molecule has 0 spiro atoms. The van der Waals surface area contributed by atoms with Crippen LogP contribution in [0.25, 0.3) is 0 Å². The second kappa shape index (κ2) is 8.92. The molecule has 1 aromatic heterocycles. The maximum atomic E-state index is 12.1. The van der Waals surface area contributed by atoms with Crippen molar-refractivity contribution in [3.8, 4) is 0 Å². The molecular formula is C19H27N3OS. The van der Waals surface area contributed by atoms with Gasteiger partial charge >= 0.3 is 0 Å². The average Bonchev–Trinajstić information content (AvgIpc) is 2.81. The van der Waals surface area contributed by atoms with Crippen LogP contribution in [0.5, 0.6) is 0 Å². The number of thioether (sulfide) groups is 1. The molecule has 1 amide bonds. The third-order valence-corrected chi connectivity index (χ3v) is 4.86. The summed E-state index contributed by atoms with van der Waals surface area (Å²) < 4.78 is 2.22. The quantitative estimate of drug-likeness (QED) is 0.744. The maximum absolute atomic E-state index is 12.1. The van der Waals surface area contributed by atoms with Gasteiger partial charge < -0.3 is 9.88 Å². The van der Waals surface area contributed by atoms with E-state index in [1.54, 1.807) is 0 Å². The van der Waals surface area contributed by atoms with E-state index in [0.29, 0.717) is 18.2 Å². The van der Waals surface area contributed by atoms with E-state index >= 15 is 0 Å². The third-order valence-electron chi connectivity index (χ3n) is 3.88. The van der Waals surface area contributed by atoms with E-state index in [4.69, 9.17) is 0 Å². The summed E-state index contributed by atoms with van der Waals surface area (Å²) >= 11 is 1.52. The van der Waals surface area contributed by atoms with Crippen molar-refractivity contribution in [1.29, 1.82) is 0 Å². The van der Waals surface area contributed by atoms with Gasteiger partial charge in [-0.05, 0) is 31.7 Å². The van der Waals surface area contributed by atoms with E-state index in [0.717, 1.165) is 23.8 Å². The third kappa shape index (κ3) is 5.41. The molecule has 5 heteroatoms. The van der Waals surface area contributed by atoms with Crippen molar-refractivity contribution in [2.45, 2.75) is 45.8 Å². The molecule has 0 atom stereocenters. The predicted molar refractivity (Wildman–Crippen MR) is 100 cm³/mol. The number of hydrogen-bond acceptors (Lipinski definition) is 3. The average molecular weight is 346 g/mol. The summed E-state index contributed by atoms with van der Waals surface area (Å²) in [4.78, 5) is 16.7. The molecular weight excluding hydrogens is 318 g/mol. The van der Waals surface area contributed by atoms with E-state index in [1.165, 1.54) is 23.0 Å². The Morgan fingerprint density at radius 1 is 1.25 bits per heavy atom. The van der Waals surface area contributed by atoms with Crippen LogP contribution in [-0.4, -0.2) is 27.8 Å². The standard InChI is InChI=1S/C19H27N3OS/c1-14(2)12-22-16(4)15(3)21-19(22)24-13-18(23)20-11-10-17-8-6-5-7-9-17/h5-9,14H,10-13H2,1-4H3,(H,20,23). The zero-order valence-electron chi connectivity index (χ0n) is 15.0. The Hall–Kier alpha value is -1.75. The maximum Gasteiger partial charge on any atom is 0.230 e. The van der Waals surface area contributed by atoms with Gasteiger partial charge in [-0.3, -0.25) is 4.79 Å². The SMILES string of the molecule is Cc1nc(SCC(=O)NCCc2ccccc2)n(CC(C)C)c1C. The lowest BCUT2D eigenvalue weighted by molar-refractivity contribution is -0.118. The zero-order chi connectivity index (χ0) is 17.5. The first-order chi connectivity index (χ1) is 11.5. The number of rotatable bonds is 8. The fourth-order valence-corrected chi connectivity index (χ4v) is 3.42. The number of carbonyl (C=O) groups excluding carboxylic acids is 1. The fraction of sp³-hybridized carbons (Fsp3) is 0.474. The van der Waals surface area contributed by atoms with Gasteiger partial charge in [-0.2, -0.15) is 0 Å². The van der Waals surface area contributed by atoms with Crippen molar-refractivity contribution in [3.05, 3.63) is 47.3 Å². The lowest BCUT2D eigenvalue weighted by Gasteiger charge is -2.12. The molecule has 1 N–H and O–H groups in total. The molecule has 0 bridgehead atoms. The second-order valence-electron chi connectivity index (χ2n) is 6.44. The van der Waals surface area contributed by atoms with E-state index in [2.05, 4.69) is 47.8 Å². The molecule has 24 heavy (non-hydrogen) atoms. The van der Waals surface area contributed by atoms with Crippen molar-refractivity contribution >= 4 is 17.7 Å². The molecule has 1 aromatic carbocycles. The van der Waals surface area contributed by atoms with Crippen LogP contribution in [0.2, 0.25) is 0 Å². The van der Waals surface area contributed by atoms with Crippen LogP contribution < -0.4 is 5.32 Å². The Morgan fingerprint density at radius 2 is 1.96 bits per heavy atom. The molecule has 0 radical (unpaired) electrons. The van der Waals surface area contributed by atoms with Crippen LogP contribution in [0.4, 0.5) is 0 Å². The highest BCUT2D eigenvalue weighted by Gasteiger charge is 2.14. The lowest BCUT2D eigenvalue weighted by atomic mass is 10.1. The van der Waals surface area contributed by atoms with Crippen molar-refractivity contribution in [1.82, 2.24) is 14.9 Å². The first kappa shape index (κ1) is 18.6. The van der Waals surface area contributed by atoms with Crippen LogP contribution in [0.3, 0.4) is 0 Å². The number of carbonyl (C=O) groups is 1. The molecule has 1 heterocycles. The zero-order valence-corrected chi connectivity index (χ0v) is 15.8. The van der Waals surface area contributed by atoms with E-state index < -0.39 is 0 Å². The number of nitrogens with zero attached hydrogens (tertiary/aromatic N) is 2. The fourth-order valence-electron chi connectivity index (χ4n) is 2.49. The van der Waals surface area contributed by atoms with Crippen LogP contribution in [-0.2, 0) is 17.8 Å². The summed E-state index contributed by atoms with van der Waals surface area (Å²) in [6.45, 7) is 10.1. The Balaban J connectivity index is 1.82. The molecule has 0 unspecified atom stereocenters. The molecule has 0 fully saturated rings. The predicted octanol–water partition coefficient (Wildman–Crippen LogP) is 3.61. The Bertz CT molecular complexity index is 665. The van der Waals surface area contributed by atoms with Crippen LogP contribution in [0, 0.1) is 19.8 Å². The smallest absolute Gasteiger partial charge is 0.230 e. The molecule has 0 saturated heterocycles. The summed E-state index contributed by atoms with van der Waals surface area (Å²) in [5, 5.41) is 3.93. The van der Waals surface area contributed by atoms with Gasteiger partial charge in [0.25, 0.3) is 0 Å². The van der Waals surface area contributed by atoms with Gasteiger partial charge in [0.15, 0.2) is 5.16 Å². The first-order valence-electron chi connectivity index (χ1n) is 8.44. The largest absolute Gasteiger partial charge is 0.355 e. The van der Waals surface area contributed by atoms with Crippen molar-refractivity contribution in [2.24, 2.45) is 5.92 Å². The number of benzene rings is 1. The first-order valence-corrected chi connectivity index (χ1v) is 9.43. The number of hydrogen-bond donors (Lipinski definition) is 1. The van der Waals surface area contributed by atoms with Crippen LogP contribution in [0.15, 0.2) is 35.5 Å². The number of aryl methyl sites for hydroxylation is 1. The normalized spacial score (nSPS) is 11.0. The van der Waals surface area contributed by atoms with Crippen molar-refractivity contribution in [2.75, 3.05) is 12.3 Å². The minimum absolute atomic E-state index is 0.0605. The van der Waals surface area contributed by atoms with E-state index in [-0.39, 0.29) is 5.91 Å². The van der Waals surface area contributed by atoms with Gasteiger partial charge in [-0.1, -0.05) is 55.9 Å². The molecule has 0 aliphatic rings. The lowest BCUT2D eigenvalue weighted by Crippen LogP contribution is -2.27. The minimum atomic E-state index is 0.0605. The van der Waals surface area contributed by atoms with Crippen LogP contribution >= 0.6 is 11.8 Å². The van der Waals surface area contributed by atoms with Gasteiger partial charge in [-0.25, -0.2) is 4.98 Å².